The number of aliphatic hydroxyl groups is 3. The molecule has 1 fully saturated rings. The largest absolute Gasteiger partial charge is 0.481 e. The molecule has 0 aliphatic carbocycles. The van der Waals surface area contributed by atoms with E-state index in [4.69, 9.17) is 29.0 Å². The van der Waals surface area contributed by atoms with E-state index in [1.807, 2.05) is 12.2 Å². The van der Waals surface area contributed by atoms with Crippen molar-refractivity contribution >= 4 is 33.4 Å². The summed E-state index contributed by atoms with van der Waals surface area (Å²) in [5.74, 6) is -1.49. The predicted molar refractivity (Wildman–Crippen MR) is 272 cm³/mol. The Morgan fingerprint density at radius 2 is 1.31 bits per heavy atom. The average Bonchev–Trinajstić information content (AvgIpc) is 3.60. The highest BCUT2D eigenvalue weighted by Gasteiger charge is 2.46. The van der Waals surface area contributed by atoms with Gasteiger partial charge in [-0.05, 0) is 44.6 Å². The molecule has 0 bridgehead atoms. The van der Waals surface area contributed by atoms with E-state index in [2.05, 4.69) is 35.3 Å². The van der Waals surface area contributed by atoms with E-state index in [0.29, 0.717) is 6.42 Å². The van der Waals surface area contributed by atoms with Crippen LogP contribution in [0.3, 0.4) is 0 Å². The predicted octanol–water partition coefficient (Wildman–Crippen LogP) is 9.75. The number of nitrogens with zero attached hydrogens (tertiary/aromatic N) is 2. The number of rotatable bonds is 43. The molecular formula is C50H87N3O16P2. The number of phosphoric acid groups is 2. The second-order valence-electron chi connectivity index (χ2n) is 18.2. The number of aromatic nitrogens is 2. The van der Waals surface area contributed by atoms with Crippen LogP contribution in [-0.2, 0) is 46.3 Å². The van der Waals surface area contributed by atoms with Crippen LogP contribution in [0.1, 0.15) is 193 Å². The van der Waals surface area contributed by atoms with E-state index in [9.17, 15) is 48.6 Å². The molecule has 7 N–H and O–H groups in total. The monoisotopic (exact) mass is 1050 g/mol. The normalized spacial score (nSPS) is 19.9. The lowest BCUT2D eigenvalue weighted by atomic mass is 10.0. The number of hydrogen-bond donors (Lipinski definition) is 6. The number of carbonyl (C=O) groups excluding carboxylic acids is 2. The van der Waals surface area contributed by atoms with E-state index in [-0.39, 0.29) is 31.5 Å². The van der Waals surface area contributed by atoms with Crippen LogP contribution in [0.25, 0.3) is 0 Å². The SMILES string of the molecule is CCCCCCCC/C=C/C/C=C/C=C/C(O)CCCC(=O)OC[C@H](COP(=O)(O)OP(=O)(O)OC[C@H]1O[C@@H](n2ccc(N)nc2=O)[C@H](O)[C@@H]1O)OC(=O)CCCCCCCCCCCCCCCCC. The van der Waals surface area contributed by atoms with Gasteiger partial charge in [0.25, 0.3) is 0 Å². The third-order valence-corrected chi connectivity index (χ3v) is 14.4. The zero-order chi connectivity index (χ0) is 52.2. The van der Waals surface area contributed by atoms with Gasteiger partial charge in [0.2, 0.25) is 0 Å². The van der Waals surface area contributed by atoms with E-state index < -0.39 is 89.8 Å². The molecule has 71 heavy (non-hydrogen) atoms. The molecule has 21 heteroatoms. The van der Waals surface area contributed by atoms with Gasteiger partial charge in [-0.15, -0.1) is 0 Å². The van der Waals surface area contributed by atoms with Crippen molar-refractivity contribution in [3.8, 4) is 0 Å². The molecular weight excluding hydrogens is 961 g/mol. The number of anilines is 1. The van der Waals surface area contributed by atoms with Crippen LogP contribution >= 0.6 is 15.6 Å². The van der Waals surface area contributed by atoms with Crippen LogP contribution in [0.2, 0.25) is 0 Å². The Labute approximate surface area is 421 Å². The number of phosphoric ester groups is 2. The second-order valence-corrected chi connectivity index (χ2v) is 21.3. The Balaban J connectivity index is 1.84. The van der Waals surface area contributed by atoms with Crippen molar-refractivity contribution in [2.24, 2.45) is 0 Å². The second kappa shape index (κ2) is 38.5. The third-order valence-electron chi connectivity index (χ3n) is 11.8. The summed E-state index contributed by atoms with van der Waals surface area (Å²) >= 11 is 0. The first-order valence-corrected chi connectivity index (χ1v) is 29.1. The van der Waals surface area contributed by atoms with Gasteiger partial charge in [-0.3, -0.25) is 23.2 Å². The topological polar surface area (TPSA) is 286 Å². The molecule has 408 valence electrons. The summed E-state index contributed by atoms with van der Waals surface area (Å²) in [6.07, 6.45) is 31.0. The minimum Gasteiger partial charge on any atom is -0.462 e. The standard InChI is InChI=1S/C50H87N3O16P2/c1-3-5-7-9-11-13-15-17-18-20-22-24-26-28-30-34-46(56)67-42(38-64-45(55)35-31-33-41(54)32-29-27-25-23-21-19-16-14-12-10-8-6-4-2)39-65-70(60,61)69-71(62,63)66-40-43-47(57)48(58)49(68-43)53-37-36-44(51)52-50(53)59/h19,21,25,27,29,32,36-37,41-43,47-49,54,57-58H,3-18,20,22-24,26,28,30-31,33-35,38-40H2,1-2H3,(H,60,61)(H,62,63)(H2,51,52,59)/b21-19+,27-25+,32-29+/t41?,42-,43-,47-,48-,49-/m1/s1. The van der Waals surface area contributed by atoms with Gasteiger partial charge in [0.15, 0.2) is 12.3 Å². The van der Waals surface area contributed by atoms with Gasteiger partial charge < -0.3 is 45.1 Å². The van der Waals surface area contributed by atoms with Crippen molar-refractivity contribution in [3.05, 3.63) is 59.2 Å². The fourth-order valence-electron chi connectivity index (χ4n) is 7.73. The first-order valence-electron chi connectivity index (χ1n) is 26.1. The van der Waals surface area contributed by atoms with Crippen LogP contribution < -0.4 is 11.4 Å². The maximum atomic E-state index is 12.9. The zero-order valence-corrected chi connectivity index (χ0v) is 44.2. The lowest BCUT2D eigenvalue weighted by Gasteiger charge is -2.21. The molecule has 1 aliphatic rings. The van der Waals surface area contributed by atoms with E-state index in [1.54, 1.807) is 12.2 Å². The van der Waals surface area contributed by atoms with Crippen molar-refractivity contribution in [2.75, 3.05) is 25.6 Å². The Morgan fingerprint density at radius 3 is 1.92 bits per heavy atom. The molecule has 1 aromatic rings. The van der Waals surface area contributed by atoms with Crippen molar-refractivity contribution in [1.29, 1.82) is 0 Å². The first-order chi connectivity index (χ1) is 34.1. The quantitative estimate of drug-likeness (QED) is 0.0117. The van der Waals surface area contributed by atoms with Crippen LogP contribution in [-0.4, -0.2) is 96.9 Å². The Morgan fingerprint density at radius 1 is 0.746 bits per heavy atom. The number of allylic oxidation sites excluding steroid dienone is 5. The number of nitrogens with two attached hydrogens (primary N) is 1. The molecule has 1 saturated heterocycles. The lowest BCUT2D eigenvalue weighted by molar-refractivity contribution is -0.161. The average molecular weight is 1050 g/mol. The number of ether oxygens (including phenoxy) is 3. The highest BCUT2D eigenvalue weighted by Crippen LogP contribution is 2.60. The molecule has 0 amide bonds. The summed E-state index contributed by atoms with van der Waals surface area (Å²) in [6, 6.07) is 1.24. The first kappa shape index (κ1) is 64.1. The lowest BCUT2D eigenvalue weighted by Crippen LogP contribution is -2.36. The number of hydrogen-bond acceptors (Lipinski definition) is 16. The molecule has 19 nitrogen and oxygen atoms in total. The molecule has 1 aromatic heterocycles. The molecule has 0 radical (unpaired) electrons. The highest BCUT2D eigenvalue weighted by molar-refractivity contribution is 7.61. The zero-order valence-electron chi connectivity index (χ0n) is 42.4. The number of carbonyl (C=O) groups is 2. The van der Waals surface area contributed by atoms with Gasteiger partial charge >= 0.3 is 33.3 Å². The van der Waals surface area contributed by atoms with Gasteiger partial charge in [0, 0.05) is 19.0 Å². The summed E-state index contributed by atoms with van der Waals surface area (Å²) in [5.41, 5.74) is 4.58. The Bertz CT molecular complexity index is 1850. The fraction of sp³-hybridized carbons (Fsp3) is 0.760. The van der Waals surface area contributed by atoms with Crippen LogP contribution in [0.4, 0.5) is 5.82 Å². The minimum absolute atomic E-state index is 0.0142. The number of esters is 2. The fourth-order valence-corrected chi connectivity index (χ4v) is 9.85. The van der Waals surface area contributed by atoms with Gasteiger partial charge in [0.05, 0.1) is 19.3 Å². The van der Waals surface area contributed by atoms with Gasteiger partial charge in [-0.1, -0.05) is 172 Å². The highest BCUT2D eigenvalue weighted by atomic mass is 31.3. The molecule has 3 unspecified atom stereocenters. The number of aliphatic hydroxyl groups excluding tert-OH is 3. The summed E-state index contributed by atoms with van der Waals surface area (Å²) in [4.78, 5) is 61.9. The molecule has 8 atom stereocenters. The Kier molecular flexibility index (Phi) is 34.7. The maximum Gasteiger partial charge on any atom is 0.481 e. The van der Waals surface area contributed by atoms with Gasteiger partial charge in [-0.25, -0.2) is 13.9 Å². The molecule has 0 spiro atoms. The molecule has 2 heterocycles. The number of unbranched alkanes of at least 4 members (excludes halogenated alkanes) is 20. The summed E-state index contributed by atoms with van der Waals surface area (Å²) in [5, 5.41) is 31.3. The van der Waals surface area contributed by atoms with Crippen molar-refractivity contribution in [2.45, 2.75) is 224 Å². The number of nitrogen functional groups attached to an aromatic ring is 1. The van der Waals surface area contributed by atoms with Crippen molar-refractivity contribution < 1.29 is 71.4 Å². The van der Waals surface area contributed by atoms with E-state index >= 15 is 0 Å². The summed E-state index contributed by atoms with van der Waals surface area (Å²) in [7, 11) is -10.9. The van der Waals surface area contributed by atoms with Crippen LogP contribution in [0.5, 0.6) is 0 Å². The summed E-state index contributed by atoms with van der Waals surface area (Å²) < 4.78 is 56.7. The third kappa shape index (κ3) is 31.3. The van der Waals surface area contributed by atoms with Gasteiger partial charge in [-0.2, -0.15) is 9.29 Å². The summed E-state index contributed by atoms with van der Waals surface area (Å²) in [6.45, 7) is 1.98. The Hall–Kier alpha value is -3.06. The molecule has 0 saturated carbocycles. The molecule has 1 aliphatic heterocycles. The van der Waals surface area contributed by atoms with Crippen LogP contribution in [0, 0.1) is 0 Å². The molecule has 0 aromatic carbocycles. The van der Waals surface area contributed by atoms with Crippen LogP contribution in [0.15, 0.2) is 53.5 Å². The van der Waals surface area contributed by atoms with E-state index in [1.165, 1.54) is 109 Å². The van der Waals surface area contributed by atoms with E-state index in [0.717, 1.165) is 49.3 Å². The maximum absolute atomic E-state index is 12.9. The smallest absolute Gasteiger partial charge is 0.462 e. The van der Waals surface area contributed by atoms with Crippen molar-refractivity contribution in [3.63, 3.8) is 0 Å². The molecule has 2 rings (SSSR count). The van der Waals surface area contributed by atoms with Crippen molar-refractivity contribution in [1.82, 2.24) is 9.55 Å². The van der Waals surface area contributed by atoms with Gasteiger partial charge in [0.1, 0.15) is 30.7 Å². The minimum atomic E-state index is -5.46.